The van der Waals surface area contributed by atoms with Crippen LogP contribution in [0.4, 0.5) is 0 Å². The van der Waals surface area contributed by atoms with Gasteiger partial charge in [-0.15, -0.1) is 11.3 Å². The van der Waals surface area contributed by atoms with Crippen LogP contribution in [0.2, 0.25) is 0 Å². The molecule has 1 aromatic heterocycles. The summed E-state index contributed by atoms with van der Waals surface area (Å²) in [5.74, 6) is 0.128. The summed E-state index contributed by atoms with van der Waals surface area (Å²) < 4.78 is 0. The van der Waals surface area contributed by atoms with Gasteiger partial charge in [0.1, 0.15) is 0 Å². The third kappa shape index (κ3) is 4.60. The van der Waals surface area contributed by atoms with Crippen LogP contribution >= 0.6 is 11.3 Å². The number of nitrogens with zero attached hydrogens (tertiary/aromatic N) is 2. The van der Waals surface area contributed by atoms with Crippen molar-refractivity contribution >= 4 is 17.2 Å². The number of amides is 1. The molecule has 0 saturated carbocycles. The molecule has 1 N–H and O–H groups in total. The maximum Gasteiger partial charge on any atom is 0.224 e. The molecule has 1 aromatic carbocycles. The predicted molar refractivity (Wildman–Crippen MR) is 111 cm³/mol. The highest BCUT2D eigenvalue weighted by molar-refractivity contribution is 7.10. The van der Waals surface area contributed by atoms with Crippen LogP contribution in [-0.4, -0.2) is 55.5 Å². The topological polar surface area (TPSA) is 35.6 Å². The second-order valence-electron chi connectivity index (χ2n) is 7.81. The van der Waals surface area contributed by atoms with Crippen LogP contribution in [0.25, 0.3) is 0 Å². The van der Waals surface area contributed by atoms with Crippen LogP contribution in [0, 0.1) is 0 Å². The average molecular weight is 384 g/mol. The van der Waals surface area contributed by atoms with Crippen molar-refractivity contribution in [3.8, 4) is 0 Å². The first kappa shape index (κ1) is 18.7. The molecule has 144 valence electrons. The monoisotopic (exact) mass is 383 g/mol. The van der Waals surface area contributed by atoms with E-state index < -0.39 is 0 Å². The van der Waals surface area contributed by atoms with Crippen molar-refractivity contribution in [3.63, 3.8) is 0 Å². The molecule has 5 heteroatoms. The molecule has 0 radical (unpaired) electrons. The predicted octanol–water partition coefficient (Wildman–Crippen LogP) is 2.88. The number of hydrogen-bond donors (Lipinski definition) is 1. The summed E-state index contributed by atoms with van der Waals surface area (Å²) in [6.07, 6.45) is 4.08. The quantitative estimate of drug-likeness (QED) is 0.833. The molecule has 1 saturated heterocycles. The zero-order chi connectivity index (χ0) is 18.6. The fourth-order valence-corrected chi connectivity index (χ4v) is 5.08. The van der Waals surface area contributed by atoms with Crippen LogP contribution in [-0.2, 0) is 24.1 Å². The van der Waals surface area contributed by atoms with Gasteiger partial charge in [0.25, 0.3) is 0 Å². The second-order valence-corrected chi connectivity index (χ2v) is 8.79. The zero-order valence-electron chi connectivity index (χ0n) is 16.1. The van der Waals surface area contributed by atoms with Crippen molar-refractivity contribution in [2.45, 2.75) is 31.7 Å². The molecule has 1 aliphatic heterocycles. The van der Waals surface area contributed by atoms with Crippen LogP contribution in [0.15, 0.2) is 35.7 Å². The van der Waals surface area contributed by atoms with E-state index in [-0.39, 0.29) is 11.9 Å². The van der Waals surface area contributed by atoms with Crippen LogP contribution in [0.5, 0.6) is 0 Å². The fraction of sp³-hybridized carbons (Fsp3) is 0.500. The first-order chi connectivity index (χ1) is 13.2. The van der Waals surface area contributed by atoms with Gasteiger partial charge in [0, 0.05) is 37.6 Å². The number of fused-ring (bicyclic) bond motifs is 1. The van der Waals surface area contributed by atoms with Gasteiger partial charge in [-0.3, -0.25) is 9.69 Å². The number of likely N-dealkylation sites (N-methyl/N-ethyl adjacent to an activating group) is 1. The number of hydrogen-bond acceptors (Lipinski definition) is 4. The van der Waals surface area contributed by atoms with Gasteiger partial charge in [0.05, 0.1) is 12.5 Å². The number of thiophene rings is 1. The third-order valence-electron chi connectivity index (χ3n) is 5.87. The van der Waals surface area contributed by atoms with E-state index in [4.69, 9.17) is 0 Å². The second kappa shape index (κ2) is 8.55. The zero-order valence-corrected chi connectivity index (χ0v) is 16.9. The number of carbonyl (C=O) groups is 1. The summed E-state index contributed by atoms with van der Waals surface area (Å²) >= 11 is 1.79. The van der Waals surface area contributed by atoms with Crippen molar-refractivity contribution < 1.29 is 4.79 Å². The highest BCUT2D eigenvalue weighted by Gasteiger charge is 2.25. The van der Waals surface area contributed by atoms with Crippen LogP contribution in [0.3, 0.4) is 0 Å². The lowest BCUT2D eigenvalue weighted by atomic mass is 10.0. The average Bonchev–Trinajstić information content (AvgIpc) is 3.35. The Bertz CT molecular complexity index is 766. The molecule has 1 amide bonds. The van der Waals surface area contributed by atoms with Crippen molar-refractivity contribution in [2.24, 2.45) is 0 Å². The van der Waals surface area contributed by atoms with Gasteiger partial charge in [0.15, 0.2) is 0 Å². The molecule has 2 aromatic rings. The molecule has 1 aliphatic carbocycles. The van der Waals surface area contributed by atoms with Crippen LogP contribution < -0.4 is 5.32 Å². The largest absolute Gasteiger partial charge is 0.354 e. The third-order valence-corrected chi connectivity index (χ3v) is 6.84. The van der Waals surface area contributed by atoms with E-state index in [1.54, 1.807) is 11.3 Å². The smallest absolute Gasteiger partial charge is 0.224 e. The highest BCUT2D eigenvalue weighted by atomic mass is 32.1. The Balaban J connectivity index is 1.36. The maximum atomic E-state index is 12.6. The molecule has 2 heterocycles. The molecule has 0 bridgehead atoms. The summed E-state index contributed by atoms with van der Waals surface area (Å²) in [5.41, 5.74) is 4.04. The Morgan fingerprint density at radius 2 is 1.96 bits per heavy atom. The SMILES string of the molecule is CN1CCN(C(CNC(=O)Cc2ccc3c(c2)CCC3)c2cccs2)CC1. The maximum absolute atomic E-state index is 12.6. The summed E-state index contributed by atoms with van der Waals surface area (Å²) in [7, 11) is 2.18. The van der Waals surface area contributed by atoms with Gasteiger partial charge in [0.2, 0.25) is 5.91 Å². The highest BCUT2D eigenvalue weighted by Crippen LogP contribution is 2.26. The van der Waals surface area contributed by atoms with Gasteiger partial charge in [-0.2, -0.15) is 0 Å². The number of nitrogens with one attached hydrogen (secondary N) is 1. The van der Waals surface area contributed by atoms with Gasteiger partial charge in [-0.25, -0.2) is 0 Å². The summed E-state index contributed by atoms with van der Waals surface area (Å²) in [6.45, 7) is 4.98. The minimum Gasteiger partial charge on any atom is -0.354 e. The lowest BCUT2D eigenvalue weighted by Crippen LogP contribution is -2.48. The number of aryl methyl sites for hydroxylation is 2. The molecule has 4 rings (SSSR count). The lowest BCUT2D eigenvalue weighted by Gasteiger charge is -2.37. The lowest BCUT2D eigenvalue weighted by molar-refractivity contribution is -0.120. The van der Waals surface area contributed by atoms with Gasteiger partial charge in [-0.1, -0.05) is 24.3 Å². The Morgan fingerprint density at radius 1 is 1.15 bits per heavy atom. The van der Waals surface area contributed by atoms with Crippen molar-refractivity contribution in [3.05, 3.63) is 57.3 Å². The van der Waals surface area contributed by atoms with Gasteiger partial charge < -0.3 is 10.2 Å². The van der Waals surface area contributed by atoms with E-state index in [2.05, 4.69) is 57.9 Å². The normalized spacial score (nSPS) is 19.0. The van der Waals surface area contributed by atoms with Crippen LogP contribution in [0.1, 0.15) is 34.0 Å². The van der Waals surface area contributed by atoms with Crippen molar-refractivity contribution in [2.75, 3.05) is 39.8 Å². The molecule has 0 spiro atoms. The van der Waals surface area contributed by atoms with Crippen molar-refractivity contribution in [1.29, 1.82) is 0 Å². The van der Waals surface area contributed by atoms with E-state index in [0.29, 0.717) is 13.0 Å². The molecule has 27 heavy (non-hydrogen) atoms. The molecule has 1 unspecified atom stereocenters. The summed E-state index contributed by atoms with van der Waals surface area (Å²) in [5, 5.41) is 5.34. The minimum absolute atomic E-state index is 0.128. The molecule has 1 fully saturated rings. The van der Waals surface area contributed by atoms with Crippen molar-refractivity contribution in [1.82, 2.24) is 15.1 Å². The Labute approximate surface area is 166 Å². The van der Waals surface area contributed by atoms with E-state index in [0.717, 1.165) is 38.2 Å². The first-order valence-corrected chi connectivity index (χ1v) is 10.9. The molecule has 2 aliphatic rings. The number of piperazine rings is 1. The number of rotatable bonds is 6. The Morgan fingerprint density at radius 3 is 2.74 bits per heavy atom. The number of benzene rings is 1. The van der Waals surface area contributed by atoms with Gasteiger partial charge in [-0.05, 0) is 54.4 Å². The minimum atomic E-state index is 0.128. The molecular weight excluding hydrogens is 354 g/mol. The standard InChI is InChI=1S/C22H29N3OS/c1-24-9-11-25(12-10-24)20(21-6-3-13-27-21)16-23-22(26)15-17-7-8-18-4-2-5-19(18)14-17/h3,6-8,13-14,20H,2,4-5,9-12,15-16H2,1H3,(H,23,26). The molecular formula is C22H29N3OS. The Kier molecular flexibility index (Phi) is 5.91. The summed E-state index contributed by atoms with van der Waals surface area (Å²) in [6, 6.07) is 11.2. The van der Waals surface area contributed by atoms with E-state index in [1.807, 2.05) is 0 Å². The molecule has 1 atom stereocenters. The van der Waals surface area contributed by atoms with E-state index >= 15 is 0 Å². The summed E-state index contributed by atoms with van der Waals surface area (Å²) in [4.78, 5) is 18.8. The number of carbonyl (C=O) groups excluding carboxylic acids is 1. The van der Waals surface area contributed by atoms with Gasteiger partial charge >= 0.3 is 0 Å². The van der Waals surface area contributed by atoms with E-state index in [1.165, 1.54) is 28.8 Å². The Hall–Kier alpha value is -1.69. The fourth-order valence-electron chi connectivity index (χ4n) is 4.22. The molecule has 4 nitrogen and oxygen atoms in total. The van der Waals surface area contributed by atoms with E-state index in [9.17, 15) is 4.79 Å². The first-order valence-electron chi connectivity index (χ1n) is 10.0.